The van der Waals surface area contributed by atoms with Crippen molar-refractivity contribution in [1.29, 1.82) is 0 Å². The van der Waals surface area contributed by atoms with Gasteiger partial charge in [0.25, 0.3) is 5.56 Å². The second-order valence-corrected chi connectivity index (χ2v) is 4.89. The predicted molar refractivity (Wildman–Crippen MR) is 84.1 cm³/mol. The van der Waals surface area contributed by atoms with E-state index >= 15 is 0 Å². The van der Waals surface area contributed by atoms with Crippen molar-refractivity contribution in [3.8, 4) is 11.4 Å². The van der Waals surface area contributed by atoms with Gasteiger partial charge in [-0.1, -0.05) is 24.3 Å². The van der Waals surface area contributed by atoms with E-state index in [2.05, 4.69) is 15.0 Å². The minimum absolute atomic E-state index is 0.150. The maximum Gasteiger partial charge on any atom is 0.329 e. The predicted octanol–water partition coefficient (Wildman–Crippen LogP) is 0.715. The van der Waals surface area contributed by atoms with Crippen molar-refractivity contribution in [2.24, 2.45) is 7.05 Å². The first kappa shape index (κ1) is 14.5. The summed E-state index contributed by atoms with van der Waals surface area (Å²) in [5.74, 6) is -0.577. The number of rotatable bonds is 3. The number of nitrogens with zero attached hydrogens (tertiary/aromatic N) is 2. The van der Waals surface area contributed by atoms with E-state index in [-0.39, 0.29) is 5.52 Å². The molecule has 23 heavy (non-hydrogen) atoms. The van der Waals surface area contributed by atoms with Crippen LogP contribution in [0.2, 0.25) is 0 Å². The minimum Gasteiger partial charge on any atom is -0.478 e. The van der Waals surface area contributed by atoms with Crippen LogP contribution in [0.3, 0.4) is 0 Å². The van der Waals surface area contributed by atoms with Gasteiger partial charge >= 0.3 is 11.7 Å². The Morgan fingerprint density at radius 1 is 1.22 bits per heavy atom. The van der Waals surface area contributed by atoms with E-state index in [1.807, 2.05) is 0 Å². The first-order valence-corrected chi connectivity index (χ1v) is 6.66. The lowest BCUT2D eigenvalue weighted by Gasteiger charge is -1.98. The third-order valence-corrected chi connectivity index (χ3v) is 3.36. The molecular formula is C15H12N4O4. The molecule has 0 unspecified atom stereocenters. The van der Waals surface area contributed by atoms with E-state index in [0.29, 0.717) is 17.0 Å². The van der Waals surface area contributed by atoms with Crippen molar-refractivity contribution in [2.75, 3.05) is 0 Å². The van der Waals surface area contributed by atoms with Gasteiger partial charge in [-0.15, -0.1) is 0 Å². The molecule has 0 aliphatic rings. The molecule has 0 amide bonds. The Morgan fingerprint density at radius 3 is 2.57 bits per heavy atom. The topological polar surface area (TPSA) is 121 Å². The lowest BCUT2D eigenvalue weighted by Crippen LogP contribution is -2.28. The van der Waals surface area contributed by atoms with Gasteiger partial charge in [0.05, 0.1) is 0 Å². The molecule has 116 valence electrons. The zero-order valence-corrected chi connectivity index (χ0v) is 12.0. The number of H-pyrrole nitrogens is 2. The van der Waals surface area contributed by atoms with Crippen LogP contribution in [0.1, 0.15) is 5.56 Å². The van der Waals surface area contributed by atoms with E-state index < -0.39 is 17.2 Å². The number of aryl methyl sites for hydroxylation is 1. The Kier molecular flexibility index (Phi) is 3.41. The number of nitrogens with one attached hydrogen (secondary N) is 2. The molecule has 0 bridgehead atoms. The number of carboxylic acid groups (broad SMARTS) is 1. The third kappa shape index (κ3) is 2.69. The zero-order valence-electron chi connectivity index (χ0n) is 12.0. The van der Waals surface area contributed by atoms with Gasteiger partial charge in [0, 0.05) is 18.7 Å². The summed E-state index contributed by atoms with van der Waals surface area (Å²) in [5, 5.41) is 8.60. The Balaban J connectivity index is 2.05. The van der Waals surface area contributed by atoms with E-state index in [1.165, 1.54) is 17.7 Å². The van der Waals surface area contributed by atoms with E-state index in [9.17, 15) is 14.4 Å². The van der Waals surface area contributed by atoms with Crippen LogP contribution >= 0.6 is 0 Å². The van der Waals surface area contributed by atoms with Gasteiger partial charge < -0.3 is 10.1 Å². The Hall–Kier alpha value is -3.42. The Labute approximate surface area is 128 Å². The van der Waals surface area contributed by atoms with Crippen molar-refractivity contribution in [2.45, 2.75) is 0 Å². The lowest BCUT2D eigenvalue weighted by molar-refractivity contribution is -0.131. The standard InChI is InChI=1S/C15H12N4O4/c1-19-13-11(14(22)18-15(19)23)16-12(17-13)9-5-2-8(3-6-9)4-7-10(20)21/h2-7H,1H3,(H,16,17)(H,20,21)(H,18,22,23)/b7-4+. The van der Waals surface area contributed by atoms with Crippen molar-refractivity contribution >= 4 is 23.2 Å². The van der Waals surface area contributed by atoms with Gasteiger partial charge in [-0.25, -0.2) is 14.6 Å². The first-order chi connectivity index (χ1) is 11.0. The van der Waals surface area contributed by atoms with E-state index in [1.54, 1.807) is 24.3 Å². The SMILES string of the molecule is Cn1c(=O)[nH]c(=O)c2nc(-c3ccc(/C=C/C(=O)O)cc3)[nH]c21. The normalized spacial score (nSPS) is 11.3. The number of aliphatic carboxylic acids is 1. The van der Waals surface area contributed by atoms with E-state index in [0.717, 1.165) is 11.6 Å². The maximum absolute atomic E-state index is 11.8. The van der Waals surface area contributed by atoms with Crippen LogP contribution in [-0.4, -0.2) is 30.6 Å². The van der Waals surface area contributed by atoms with Crippen LogP contribution in [0, 0.1) is 0 Å². The molecule has 0 aliphatic heterocycles. The molecule has 0 radical (unpaired) electrons. The molecule has 2 aromatic heterocycles. The molecule has 0 spiro atoms. The third-order valence-electron chi connectivity index (χ3n) is 3.36. The Morgan fingerprint density at radius 2 is 1.91 bits per heavy atom. The van der Waals surface area contributed by atoms with Crippen LogP contribution in [-0.2, 0) is 11.8 Å². The van der Waals surface area contributed by atoms with Crippen molar-refractivity contribution in [3.63, 3.8) is 0 Å². The Bertz CT molecular complexity index is 1040. The molecule has 0 saturated heterocycles. The molecule has 8 nitrogen and oxygen atoms in total. The summed E-state index contributed by atoms with van der Waals surface area (Å²) in [5.41, 5.74) is 0.844. The molecule has 0 saturated carbocycles. The fourth-order valence-electron chi connectivity index (χ4n) is 2.16. The number of carbonyl (C=O) groups is 1. The number of benzene rings is 1. The average molecular weight is 312 g/mol. The molecule has 0 fully saturated rings. The van der Waals surface area contributed by atoms with Gasteiger partial charge in [-0.05, 0) is 11.6 Å². The van der Waals surface area contributed by atoms with Gasteiger partial charge in [0.15, 0.2) is 5.52 Å². The molecule has 0 atom stereocenters. The summed E-state index contributed by atoms with van der Waals surface area (Å²) in [7, 11) is 1.53. The number of aromatic nitrogens is 4. The number of fused-ring (bicyclic) bond motifs is 1. The highest BCUT2D eigenvalue weighted by atomic mass is 16.4. The lowest BCUT2D eigenvalue weighted by atomic mass is 10.1. The first-order valence-electron chi connectivity index (χ1n) is 6.66. The van der Waals surface area contributed by atoms with E-state index in [4.69, 9.17) is 5.11 Å². The molecular weight excluding hydrogens is 300 g/mol. The molecule has 1 aromatic carbocycles. The number of carboxylic acids is 1. The number of imidazole rings is 1. The molecule has 3 N–H and O–H groups in total. The van der Waals surface area contributed by atoms with Gasteiger partial charge in [-0.2, -0.15) is 0 Å². The zero-order chi connectivity index (χ0) is 16.6. The quantitative estimate of drug-likeness (QED) is 0.615. The highest BCUT2D eigenvalue weighted by molar-refractivity contribution is 5.85. The van der Waals surface area contributed by atoms with Crippen LogP contribution in [0.4, 0.5) is 0 Å². The second-order valence-electron chi connectivity index (χ2n) is 4.89. The summed E-state index contributed by atoms with van der Waals surface area (Å²) >= 11 is 0. The van der Waals surface area contributed by atoms with Gasteiger partial charge in [0.1, 0.15) is 11.5 Å². The summed E-state index contributed by atoms with van der Waals surface area (Å²) < 4.78 is 1.28. The summed E-state index contributed by atoms with van der Waals surface area (Å²) in [6.07, 6.45) is 2.52. The fraction of sp³-hybridized carbons (Fsp3) is 0.0667. The highest BCUT2D eigenvalue weighted by Crippen LogP contribution is 2.19. The minimum atomic E-state index is -1.02. The van der Waals surface area contributed by atoms with Crippen LogP contribution in [0.5, 0.6) is 0 Å². The number of hydrogen-bond donors (Lipinski definition) is 3. The summed E-state index contributed by atoms with van der Waals surface area (Å²) in [6, 6.07) is 6.94. The van der Waals surface area contributed by atoms with Crippen LogP contribution in [0.15, 0.2) is 39.9 Å². The maximum atomic E-state index is 11.8. The largest absolute Gasteiger partial charge is 0.478 e. The summed E-state index contributed by atoms with van der Waals surface area (Å²) in [4.78, 5) is 43.2. The van der Waals surface area contributed by atoms with Crippen LogP contribution < -0.4 is 11.2 Å². The molecule has 3 rings (SSSR count). The number of aromatic amines is 2. The summed E-state index contributed by atoms with van der Waals surface area (Å²) in [6.45, 7) is 0. The number of hydrogen-bond acceptors (Lipinski definition) is 4. The van der Waals surface area contributed by atoms with Crippen LogP contribution in [0.25, 0.3) is 28.6 Å². The average Bonchev–Trinajstić information content (AvgIpc) is 2.97. The molecule has 8 heteroatoms. The molecule has 0 aliphatic carbocycles. The van der Waals surface area contributed by atoms with Crippen molar-refractivity contribution in [1.82, 2.24) is 19.5 Å². The highest BCUT2D eigenvalue weighted by Gasteiger charge is 2.11. The molecule has 3 aromatic rings. The second kappa shape index (κ2) is 5.41. The van der Waals surface area contributed by atoms with Crippen molar-refractivity contribution < 1.29 is 9.90 Å². The smallest absolute Gasteiger partial charge is 0.329 e. The molecule has 2 heterocycles. The van der Waals surface area contributed by atoms with Gasteiger partial charge in [0.2, 0.25) is 0 Å². The van der Waals surface area contributed by atoms with Gasteiger partial charge in [-0.3, -0.25) is 14.3 Å². The van der Waals surface area contributed by atoms with Crippen molar-refractivity contribution in [3.05, 3.63) is 56.7 Å². The fourth-order valence-corrected chi connectivity index (χ4v) is 2.16. The monoisotopic (exact) mass is 312 g/mol.